The molecule has 0 aromatic carbocycles. The second-order valence-electron chi connectivity index (χ2n) is 4.00. The Morgan fingerprint density at radius 1 is 1.38 bits per heavy atom. The number of carbonyl (C=O) groups excluding carboxylic acids is 2. The minimum atomic E-state index is -0.359. The molecule has 2 aromatic heterocycles. The summed E-state index contributed by atoms with van der Waals surface area (Å²) in [4.78, 5) is 32.8. The molecule has 8 heteroatoms. The zero-order valence-electron chi connectivity index (χ0n) is 11.8. The van der Waals surface area contributed by atoms with E-state index in [-0.39, 0.29) is 17.7 Å². The Morgan fingerprint density at radius 2 is 2.14 bits per heavy atom. The maximum atomic E-state index is 11.9. The molecule has 0 aliphatic heterocycles. The van der Waals surface area contributed by atoms with Crippen LogP contribution < -0.4 is 0 Å². The second kappa shape index (κ2) is 6.86. The van der Waals surface area contributed by atoms with E-state index in [2.05, 4.69) is 14.7 Å². The summed E-state index contributed by atoms with van der Waals surface area (Å²) in [6.45, 7) is 3.91. The Kier molecular flexibility index (Phi) is 5.13. The molecule has 21 heavy (non-hydrogen) atoms. The first-order valence-corrected chi connectivity index (χ1v) is 7.99. The van der Waals surface area contributed by atoms with Gasteiger partial charge in [-0.15, -0.1) is 11.3 Å². The van der Waals surface area contributed by atoms with Gasteiger partial charge >= 0.3 is 11.9 Å². The van der Waals surface area contributed by atoms with Crippen LogP contribution in [0.3, 0.4) is 0 Å². The number of thioether (sulfide) groups is 1. The van der Waals surface area contributed by atoms with E-state index < -0.39 is 0 Å². The van der Waals surface area contributed by atoms with Crippen LogP contribution in [-0.2, 0) is 14.3 Å². The highest BCUT2D eigenvalue weighted by Gasteiger charge is 2.20. The highest BCUT2D eigenvalue weighted by molar-refractivity contribution is 8.00. The summed E-state index contributed by atoms with van der Waals surface area (Å²) in [5.74, 6) is -0.528. The van der Waals surface area contributed by atoms with Gasteiger partial charge in [-0.25, -0.2) is 14.8 Å². The molecule has 0 aliphatic carbocycles. The van der Waals surface area contributed by atoms with Gasteiger partial charge in [-0.3, -0.25) is 4.79 Å². The fourth-order valence-corrected chi connectivity index (χ4v) is 3.72. The van der Waals surface area contributed by atoms with Crippen molar-refractivity contribution in [2.45, 2.75) is 18.9 Å². The maximum Gasteiger partial charge on any atom is 0.348 e. The number of ether oxygens (including phenoxy) is 2. The predicted molar refractivity (Wildman–Crippen MR) is 80.8 cm³/mol. The molecule has 0 unspecified atom stereocenters. The van der Waals surface area contributed by atoms with Crippen LogP contribution >= 0.6 is 23.1 Å². The monoisotopic (exact) mass is 326 g/mol. The summed E-state index contributed by atoms with van der Waals surface area (Å²) in [6, 6.07) is 0. The molecule has 0 saturated heterocycles. The van der Waals surface area contributed by atoms with Crippen LogP contribution in [0.4, 0.5) is 0 Å². The number of nitrogens with zero attached hydrogens (tertiary/aromatic N) is 2. The third-order valence-electron chi connectivity index (χ3n) is 2.71. The molecular weight excluding hydrogens is 312 g/mol. The van der Waals surface area contributed by atoms with Crippen molar-refractivity contribution in [2.24, 2.45) is 0 Å². The van der Waals surface area contributed by atoms with Gasteiger partial charge < -0.3 is 9.47 Å². The molecule has 2 heterocycles. The standard InChI is InChI=1S/C13H14N2O4S2/c1-4-19-13(17)10-7(2)9-11(20-5-8(16)18-3)14-6-15-12(9)21-10/h6H,4-5H2,1-3H3. The molecule has 0 aliphatic rings. The molecular formula is C13H14N2O4S2. The average Bonchev–Trinajstić information content (AvgIpc) is 2.83. The van der Waals surface area contributed by atoms with Crippen molar-refractivity contribution in [3.63, 3.8) is 0 Å². The molecule has 0 N–H and O–H groups in total. The zero-order valence-corrected chi connectivity index (χ0v) is 13.5. The van der Waals surface area contributed by atoms with Crippen LogP contribution in [-0.4, -0.2) is 41.4 Å². The molecule has 2 rings (SSSR count). The van der Waals surface area contributed by atoms with Crippen molar-refractivity contribution < 1.29 is 19.1 Å². The minimum absolute atomic E-state index is 0.159. The summed E-state index contributed by atoms with van der Waals surface area (Å²) >= 11 is 2.54. The second-order valence-corrected chi connectivity index (χ2v) is 5.96. The lowest BCUT2D eigenvalue weighted by atomic mass is 10.2. The average molecular weight is 326 g/mol. The molecule has 112 valence electrons. The van der Waals surface area contributed by atoms with Crippen molar-refractivity contribution in [1.82, 2.24) is 9.97 Å². The van der Waals surface area contributed by atoms with Gasteiger partial charge in [0, 0.05) is 5.39 Å². The quantitative estimate of drug-likeness (QED) is 0.474. The van der Waals surface area contributed by atoms with Gasteiger partial charge in [0.2, 0.25) is 0 Å². The number of aromatic nitrogens is 2. The molecule has 6 nitrogen and oxygen atoms in total. The molecule has 0 fully saturated rings. The van der Waals surface area contributed by atoms with Crippen LogP contribution in [0.25, 0.3) is 10.2 Å². The van der Waals surface area contributed by atoms with E-state index >= 15 is 0 Å². The summed E-state index contributed by atoms with van der Waals surface area (Å²) in [6.07, 6.45) is 1.42. The number of fused-ring (bicyclic) bond motifs is 1. The predicted octanol–water partition coefficient (Wildman–Crippen LogP) is 2.44. The largest absolute Gasteiger partial charge is 0.468 e. The number of esters is 2. The molecule has 0 atom stereocenters. The van der Waals surface area contributed by atoms with Crippen molar-refractivity contribution in [1.29, 1.82) is 0 Å². The Labute approximate surface area is 129 Å². The molecule has 0 amide bonds. The van der Waals surface area contributed by atoms with Crippen LogP contribution in [0.2, 0.25) is 0 Å². The number of carbonyl (C=O) groups is 2. The number of aryl methyl sites for hydroxylation is 1. The zero-order chi connectivity index (χ0) is 15.4. The third-order valence-corrected chi connectivity index (χ3v) is 4.85. The number of hydrogen-bond acceptors (Lipinski definition) is 8. The molecule has 0 saturated carbocycles. The number of hydrogen-bond donors (Lipinski definition) is 0. The molecule has 0 spiro atoms. The van der Waals surface area contributed by atoms with Crippen molar-refractivity contribution in [3.8, 4) is 0 Å². The third kappa shape index (κ3) is 3.33. The number of methoxy groups -OCH3 is 1. The maximum absolute atomic E-state index is 11.9. The van der Waals surface area contributed by atoms with E-state index in [1.807, 2.05) is 6.92 Å². The Hall–Kier alpha value is -1.67. The van der Waals surface area contributed by atoms with Gasteiger partial charge in [0.05, 0.1) is 19.5 Å². The van der Waals surface area contributed by atoms with Gasteiger partial charge in [0.25, 0.3) is 0 Å². The lowest BCUT2D eigenvalue weighted by molar-refractivity contribution is -0.137. The van der Waals surface area contributed by atoms with E-state index in [0.29, 0.717) is 21.3 Å². The van der Waals surface area contributed by atoms with E-state index in [9.17, 15) is 9.59 Å². The normalized spacial score (nSPS) is 10.6. The first-order chi connectivity index (χ1) is 10.1. The lowest BCUT2D eigenvalue weighted by Crippen LogP contribution is -2.04. The fourth-order valence-electron chi connectivity index (χ4n) is 1.73. The first-order valence-electron chi connectivity index (χ1n) is 6.19. The van der Waals surface area contributed by atoms with Crippen molar-refractivity contribution >= 4 is 45.3 Å². The number of thiophene rings is 1. The summed E-state index contributed by atoms with van der Waals surface area (Å²) in [5.41, 5.74) is 0.779. The van der Waals surface area contributed by atoms with Crippen molar-refractivity contribution in [2.75, 3.05) is 19.5 Å². The SMILES string of the molecule is CCOC(=O)c1sc2ncnc(SCC(=O)OC)c2c1C. The first kappa shape index (κ1) is 15.7. The summed E-state index contributed by atoms with van der Waals surface area (Å²) < 4.78 is 9.65. The molecule has 0 bridgehead atoms. The van der Waals surface area contributed by atoms with Crippen LogP contribution in [0.5, 0.6) is 0 Å². The molecule has 2 aromatic rings. The summed E-state index contributed by atoms with van der Waals surface area (Å²) in [5, 5.41) is 1.45. The lowest BCUT2D eigenvalue weighted by Gasteiger charge is -2.02. The molecule has 0 radical (unpaired) electrons. The summed E-state index contributed by atoms with van der Waals surface area (Å²) in [7, 11) is 1.34. The van der Waals surface area contributed by atoms with Crippen molar-refractivity contribution in [3.05, 3.63) is 16.8 Å². The smallest absolute Gasteiger partial charge is 0.348 e. The van der Waals surface area contributed by atoms with Gasteiger partial charge in [-0.2, -0.15) is 0 Å². The Balaban J connectivity index is 2.39. The van der Waals surface area contributed by atoms with Gasteiger partial charge in [0.15, 0.2) is 0 Å². The van der Waals surface area contributed by atoms with E-state index in [0.717, 1.165) is 10.9 Å². The van der Waals surface area contributed by atoms with E-state index in [4.69, 9.17) is 4.74 Å². The Morgan fingerprint density at radius 3 is 2.81 bits per heavy atom. The Bertz CT molecular complexity index is 684. The topological polar surface area (TPSA) is 78.4 Å². The van der Waals surface area contributed by atoms with Crippen LogP contribution in [0.15, 0.2) is 11.4 Å². The van der Waals surface area contributed by atoms with Gasteiger partial charge in [-0.05, 0) is 19.4 Å². The fraction of sp³-hybridized carbons (Fsp3) is 0.385. The van der Waals surface area contributed by atoms with Crippen LogP contribution in [0, 0.1) is 6.92 Å². The number of rotatable bonds is 5. The van der Waals surface area contributed by atoms with E-state index in [1.165, 1.54) is 36.5 Å². The highest BCUT2D eigenvalue weighted by Crippen LogP contribution is 2.35. The minimum Gasteiger partial charge on any atom is -0.468 e. The highest BCUT2D eigenvalue weighted by atomic mass is 32.2. The van der Waals surface area contributed by atoms with Gasteiger partial charge in [-0.1, -0.05) is 11.8 Å². The van der Waals surface area contributed by atoms with Gasteiger partial charge in [0.1, 0.15) is 21.1 Å². The van der Waals surface area contributed by atoms with Crippen LogP contribution in [0.1, 0.15) is 22.2 Å². The van der Waals surface area contributed by atoms with E-state index in [1.54, 1.807) is 6.92 Å².